The van der Waals surface area contributed by atoms with Gasteiger partial charge >= 0.3 is 0 Å². The molecule has 1 aliphatic rings. The molecule has 1 N–H and O–H groups in total. The van der Waals surface area contributed by atoms with Crippen LogP contribution in [0.15, 0.2) is 11.4 Å². The normalized spacial score (nSPS) is 27.2. The van der Waals surface area contributed by atoms with E-state index >= 15 is 0 Å². The van der Waals surface area contributed by atoms with Gasteiger partial charge in [-0.3, -0.25) is 0 Å². The predicted octanol–water partition coefficient (Wildman–Crippen LogP) is 3.13. The van der Waals surface area contributed by atoms with Crippen molar-refractivity contribution in [3.8, 4) is 0 Å². The lowest BCUT2D eigenvalue weighted by Gasteiger charge is -2.26. The number of thiophene rings is 1. The second-order valence-electron chi connectivity index (χ2n) is 4.60. The van der Waals surface area contributed by atoms with Gasteiger partial charge in [-0.1, -0.05) is 13.8 Å². The highest BCUT2D eigenvalue weighted by atomic mass is 32.1. The predicted molar refractivity (Wildman–Crippen MR) is 69.0 cm³/mol. The molecule has 3 heteroatoms. The Morgan fingerprint density at radius 3 is 2.94 bits per heavy atom. The summed E-state index contributed by atoms with van der Waals surface area (Å²) in [4.78, 5) is 1.45. The SMILES string of the molecule is CCNC(c1sccc1C)C1OCCC1C. The maximum atomic E-state index is 5.90. The quantitative estimate of drug-likeness (QED) is 0.871. The van der Waals surface area contributed by atoms with Gasteiger partial charge in [-0.15, -0.1) is 11.3 Å². The summed E-state index contributed by atoms with van der Waals surface area (Å²) in [5, 5.41) is 5.76. The fourth-order valence-electron chi connectivity index (χ4n) is 2.42. The molecular weight excluding hydrogens is 218 g/mol. The zero-order chi connectivity index (χ0) is 11.5. The van der Waals surface area contributed by atoms with E-state index in [2.05, 4.69) is 37.5 Å². The van der Waals surface area contributed by atoms with E-state index in [9.17, 15) is 0 Å². The Kier molecular flexibility index (Phi) is 4.00. The first-order valence-corrected chi connectivity index (χ1v) is 7.01. The smallest absolute Gasteiger partial charge is 0.0804 e. The van der Waals surface area contributed by atoms with E-state index in [1.807, 2.05) is 11.3 Å². The van der Waals surface area contributed by atoms with Crippen molar-refractivity contribution >= 4 is 11.3 Å². The molecular formula is C13H21NOS. The Labute approximate surface area is 102 Å². The maximum Gasteiger partial charge on any atom is 0.0804 e. The summed E-state index contributed by atoms with van der Waals surface area (Å²) >= 11 is 1.84. The van der Waals surface area contributed by atoms with Crippen LogP contribution in [0.5, 0.6) is 0 Å². The van der Waals surface area contributed by atoms with Crippen molar-refractivity contribution in [3.05, 3.63) is 21.9 Å². The van der Waals surface area contributed by atoms with E-state index in [4.69, 9.17) is 4.74 Å². The average Bonchev–Trinajstić information content (AvgIpc) is 2.84. The largest absolute Gasteiger partial charge is 0.376 e. The molecule has 16 heavy (non-hydrogen) atoms. The molecule has 1 aromatic heterocycles. The Morgan fingerprint density at radius 1 is 1.62 bits per heavy atom. The number of aryl methyl sites for hydroxylation is 1. The summed E-state index contributed by atoms with van der Waals surface area (Å²) in [5.41, 5.74) is 1.39. The molecule has 1 fully saturated rings. The number of nitrogens with one attached hydrogen (secondary N) is 1. The monoisotopic (exact) mass is 239 g/mol. The molecule has 2 nitrogen and oxygen atoms in total. The fourth-order valence-corrected chi connectivity index (χ4v) is 3.46. The van der Waals surface area contributed by atoms with Crippen molar-refractivity contribution in [1.82, 2.24) is 5.32 Å². The lowest BCUT2D eigenvalue weighted by Crippen LogP contribution is -2.34. The van der Waals surface area contributed by atoms with Crippen LogP contribution < -0.4 is 5.32 Å². The Hall–Kier alpha value is -0.380. The van der Waals surface area contributed by atoms with Crippen molar-refractivity contribution in [2.45, 2.75) is 39.3 Å². The van der Waals surface area contributed by atoms with E-state index in [-0.39, 0.29) is 0 Å². The molecule has 0 aliphatic carbocycles. The van der Waals surface area contributed by atoms with E-state index in [1.54, 1.807) is 0 Å². The molecule has 0 amide bonds. The molecule has 0 bridgehead atoms. The average molecular weight is 239 g/mol. The summed E-state index contributed by atoms with van der Waals surface area (Å²) in [7, 11) is 0. The van der Waals surface area contributed by atoms with E-state index in [1.165, 1.54) is 16.9 Å². The lowest BCUT2D eigenvalue weighted by atomic mass is 9.95. The first-order chi connectivity index (χ1) is 7.74. The maximum absolute atomic E-state index is 5.90. The van der Waals surface area contributed by atoms with Crippen LogP contribution in [0.3, 0.4) is 0 Å². The molecule has 1 saturated heterocycles. The topological polar surface area (TPSA) is 21.3 Å². The van der Waals surface area contributed by atoms with Gasteiger partial charge in [0, 0.05) is 11.5 Å². The van der Waals surface area contributed by atoms with Crippen LogP contribution in [-0.2, 0) is 4.74 Å². The summed E-state index contributed by atoms with van der Waals surface area (Å²) in [5.74, 6) is 0.658. The first-order valence-electron chi connectivity index (χ1n) is 6.13. The van der Waals surface area contributed by atoms with Gasteiger partial charge < -0.3 is 10.1 Å². The third-order valence-electron chi connectivity index (χ3n) is 3.38. The van der Waals surface area contributed by atoms with Gasteiger partial charge in [-0.2, -0.15) is 0 Å². The Morgan fingerprint density at radius 2 is 2.44 bits per heavy atom. The van der Waals surface area contributed by atoms with Crippen LogP contribution in [-0.4, -0.2) is 19.3 Å². The molecule has 0 saturated carbocycles. The standard InChI is InChI=1S/C13H21NOS/c1-4-14-11(12-9(2)5-7-15-12)13-10(3)6-8-16-13/h6,8-9,11-12,14H,4-5,7H2,1-3H3. The summed E-state index contributed by atoms with van der Waals surface area (Å²) in [6.07, 6.45) is 1.54. The van der Waals surface area contributed by atoms with Crippen LogP contribution >= 0.6 is 11.3 Å². The molecule has 1 aliphatic heterocycles. The highest BCUT2D eigenvalue weighted by Gasteiger charge is 2.33. The zero-order valence-corrected chi connectivity index (χ0v) is 11.1. The third-order valence-corrected chi connectivity index (χ3v) is 4.48. The highest BCUT2D eigenvalue weighted by Crippen LogP contribution is 2.34. The zero-order valence-electron chi connectivity index (χ0n) is 10.3. The summed E-state index contributed by atoms with van der Waals surface area (Å²) < 4.78 is 5.90. The Bertz CT molecular complexity index is 336. The highest BCUT2D eigenvalue weighted by molar-refractivity contribution is 7.10. The van der Waals surface area contributed by atoms with Crippen LogP contribution in [0.25, 0.3) is 0 Å². The lowest BCUT2D eigenvalue weighted by molar-refractivity contribution is 0.0621. The van der Waals surface area contributed by atoms with Crippen LogP contribution in [0.1, 0.15) is 36.8 Å². The van der Waals surface area contributed by atoms with Crippen LogP contribution in [0.4, 0.5) is 0 Å². The van der Waals surface area contributed by atoms with E-state index in [0.717, 1.165) is 13.2 Å². The second kappa shape index (κ2) is 5.30. The van der Waals surface area contributed by atoms with E-state index < -0.39 is 0 Å². The molecule has 0 aromatic carbocycles. The molecule has 0 radical (unpaired) electrons. The second-order valence-corrected chi connectivity index (χ2v) is 5.55. The first kappa shape index (κ1) is 12.1. The van der Waals surface area contributed by atoms with Crippen molar-refractivity contribution in [2.75, 3.05) is 13.2 Å². The molecule has 3 unspecified atom stereocenters. The van der Waals surface area contributed by atoms with Crippen molar-refractivity contribution in [2.24, 2.45) is 5.92 Å². The number of hydrogen-bond acceptors (Lipinski definition) is 3. The van der Waals surface area contributed by atoms with Crippen molar-refractivity contribution < 1.29 is 4.74 Å². The number of hydrogen-bond donors (Lipinski definition) is 1. The third kappa shape index (κ3) is 2.31. The number of likely N-dealkylation sites (N-methyl/N-ethyl adjacent to an activating group) is 1. The molecule has 2 rings (SSSR count). The van der Waals surface area contributed by atoms with Gasteiger partial charge in [0.25, 0.3) is 0 Å². The van der Waals surface area contributed by atoms with Crippen molar-refractivity contribution in [1.29, 1.82) is 0 Å². The summed E-state index contributed by atoms with van der Waals surface area (Å²) in [6, 6.07) is 2.58. The minimum Gasteiger partial charge on any atom is -0.376 e. The van der Waals surface area contributed by atoms with Gasteiger partial charge in [-0.05, 0) is 42.8 Å². The molecule has 3 atom stereocenters. The molecule has 90 valence electrons. The summed E-state index contributed by atoms with van der Waals surface area (Å²) in [6.45, 7) is 8.56. The van der Waals surface area contributed by atoms with Gasteiger partial charge in [0.05, 0.1) is 12.1 Å². The molecule has 1 aromatic rings. The van der Waals surface area contributed by atoms with Crippen LogP contribution in [0, 0.1) is 12.8 Å². The van der Waals surface area contributed by atoms with Gasteiger partial charge in [0.2, 0.25) is 0 Å². The van der Waals surface area contributed by atoms with Gasteiger partial charge in [0.15, 0.2) is 0 Å². The van der Waals surface area contributed by atoms with Crippen molar-refractivity contribution in [3.63, 3.8) is 0 Å². The van der Waals surface area contributed by atoms with E-state index in [0.29, 0.717) is 18.1 Å². The number of ether oxygens (including phenoxy) is 1. The fraction of sp³-hybridized carbons (Fsp3) is 0.692. The van der Waals surface area contributed by atoms with Gasteiger partial charge in [0.1, 0.15) is 0 Å². The minimum absolute atomic E-state index is 0.345. The van der Waals surface area contributed by atoms with Gasteiger partial charge in [-0.25, -0.2) is 0 Å². The minimum atomic E-state index is 0.345. The number of rotatable bonds is 4. The molecule has 2 heterocycles. The molecule has 0 spiro atoms. The Balaban J connectivity index is 2.20. The van der Waals surface area contributed by atoms with Crippen LogP contribution in [0.2, 0.25) is 0 Å².